The Hall–Kier alpha value is -0.120. The lowest BCUT2D eigenvalue weighted by molar-refractivity contribution is 0.0319. The first-order valence-corrected chi connectivity index (χ1v) is 7.74. The number of likely N-dealkylation sites (tertiary alicyclic amines) is 1. The quantitative estimate of drug-likeness (QED) is 0.761. The molecule has 3 nitrogen and oxygen atoms in total. The van der Waals surface area contributed by atoms with Gasteiger partial charge in [-0.3, -0.25) is 4.90 Å². The van der Waals surface area contributed by atoms with Crippen molar-refractivity contribution in [1.82, 2.24) is 10.2 Å². The molecule has 0 aromatic carbocycles. The first-order valence-electron chi connectivity index (χ1n) is 7.74. The van der Waals surface area contributed by atoms with E-state index in [0.717, 1.165) is 13.1 Å². The number of hydrogen-bond acceptors (Lipinski definition) is 3. The van der Waals surface area contributed by atoms with Crippen LogP contribution in [0.25, 0.3) is 0 Å². The van der Waals surface area contributed by atoms with Crippen molar-refractivity contribution in [2.75, 3.05) is 19.7 Å². The molecule has 0 radical (unpaired) electrons. The van der Waals surface area contributed by atoms with E-state index in [1.165, 1.54) is 32.1 Å². The minimum atomic E-state index is -0.0470. The predicted molar refractivity (Wildman–Crippen MR) is 75.7 cm³/mol. The van der Waals surface area contributed by atoms with Crippen LogP contribution in [0.3, 0.4) is 0 Å². The van der Waals surface area contributed by atoms with Crippen LogP contribution in [0, 0.1) is 5.92 Å². The third kappa shape index (κ3) is 2.89. The molecule has 2 rings (SSSR count). The van der Waals surface area contributed by atoms with Gasteiger partial charge >= 0.3 is 0 Å². The first-order chi connectivity index (χ1) is 8.63. The van der Waals surface area contributed by atoms with Crippen molar-refractivity contribution in [3.63, 3.8) is 0 Å². The Morgan fingerprint density at radius 2 is 1.78 bits per heavy atom. The standard InChI is InChI=1S/C15H30N2O/c1-4-16-15(11-18,14-8-9-14)10-17-12(2)6-5-7-13(17)3/h12-14,16,18H,4-11H2,1-3H3. The molecule has 0 aromatic heterocycles. The minimum Gasteiger partial charge on any atom is -0.394 e. The number of aliphatic hydroxyl groups is 1. The molecule has 0 spiro atoms. The van der Waals surface area contributed by atoms with Gasteiger partial charge in [-0.2, -0.15) is 0 Å². The normalized spacial score (nSPS) is 33.3. The molecule has 2 fully saturated rings. The van der Waals surface area contributed by atoms with Gasteiger partial charge in [-0.1, -0.05) is 13.3 Å². The van der Waals surface area contributed by atoms with Crippen molar-refractivity contribution >= 4 is 0 Å². The summed E-state index contributed by atoms with van der Waals surface area (Å²) >= 11 is 0. The molecule has 0 amide bonds. The van der Waals surface area contributed by atoms with E-state index in [0.29, 0.717) is 18.0 Å². The second-order valence-corrected chi connectivity index (χ2v) is 6.42. The summed E-state index contributed by atoms with van der Waals surface area (Å²) in [6, 6.07) is 1.33. The molecule has 2 N–H and O–H groups in total. The van der Waals surface area contributed by atoms with Gasteiger partial charge in [-0.05, 0) is 52.0 Å². The van der Waals surface area contributed by atoms with Crippen molar-refractivity contribution < 1.29 is 5.11 Å². The zero-order valence-corrected chi connectivity index (χ0v) is 12.3. The fraction of sp³-hybridized carbons (Fsp3) is 1.00. The van der Waals surface area contributed by atoms with E-state index < -0.39 is 0 Å². The highest BCUT2D eigenvalue weighted by Gasteiger charge is 2.46. The maximum absolute atomic E-state index is 9.93. The van der Waals surface area contributed by atoms with Gasteiger partial charge < -0.3 is 10.4 Å². The summed E-state index contributed by atoms with van der Waals surface area (Å²) in [6.07, 6.45) is 6.54. The van der Waals surface area contributed by atoms with Gasteiger partial charge in [-0.15, -0.1) is 0 Å². The average molecular weight is 254 g/mol. The minimum absolute atomic E-state index is 0.0470. The molecule has 0 aromatic rings. The lowest BCUT2D eigenvalue weighted by Gasteiger charge is -2.45. The van der Waals surface area contributed by atoms with Gasteiger partial charge in [-0.25, -0.2) is 0 Å². The van der Waals surface area contributed by atoms with Crippen molar-refractivity contribution in [3.8, 4) is 0 Å². The Morgan fingerprint density at radius 1 is 1.17 bits per heavy atom. The van der Waals surface area contributed by atoms with Gasteiger partial charge in [0.05, 0.1) is 12.1 Å². The van der Waals surface area contributed by atoms with Crippen molar-refractivity contribution in [2.45, 2.75) is 70.5 Å². The number of nitrogens with zero attached hydrogens (tertiary/aromatic N) is 1. The molecule has 2 aliphatic rings. The lowest BCUT2D eigenvalue weighted by Crippen LogP contribution is -2.61. The van der Waals surface area contributed by atoms with Crippen LogP contribution in [0.4, 0.5) is 0 Å². The molecule has 1 heterocycles. The number of hydrogen-bond donors (Lipinski definition) is 2. The Kier molecular flexibility index (Phi) is 4.68. The van der Waals surface area contributed by atoms with Gasteiger partial charge in [0, 0.05) is 18.6 Å². The van der Waals surface area contributed by atoms with Crippen LogP contribution in [0.1, 0.15) is 52.9 Å². The molecular formula is C15H30N2O. The summed E-state index contributed by atoms with van der Waals surface area (Å²) in [5, 5.41) is 13.5. The molecule has 3 heteroatoms. The number of likely N-dealkylation sites (N-methyl/N-ethyl adjacent to an activating group) is 1. The summed E-state index contributed by atoms with van der Waals surface area (Å²) in [4.78, 5) is 2.63. The van der Waals surface area contributed by atoms with Crippen LogP contribution < -0.4 is 5.32 Å². The Bertz CT molecular complexity index is 257. The lowest BCUT2D eigenvalue weighted by atomic mass is 9.89. The maximum atomic E-state index is 9.93. The number of piperidine rings is 1. The summed E-state index contributed by atoms with van der Waals surface area (Å²) in [7, 11) is 0. The monoisotopic (exact) mass is 254 g/mol. The topological polar surface area (TPSA) is 35.5 Å². The second kappa shape index (κ2) is 5.89. The second-order valence-electron chi connectivity index (χ2n) is 6.42. The Morgan fingerprint density at radius 3 is 2.22 bits per heavy atom. The van der Waals surface area contributed by atoms with E-state index in [1.54, 1.807) is 0 Å². The maximum Gasteiger partial charge on any atom is 0.0628 e. The third-order valence-corrected chi connectivity index (χ3v) is 5.01. The highest BCUT2D eigenvalue weighted by Crippen LogP contribution is 2.41. The van der Waals surface area contributed by atoms with Crippen LogP contribution in [-0.2, 0) is 0 Å². The first kappa shape index (κ1) is 14.3. The summed E-state index contributed by atoms with van der Waals surface area (Å²) in [5.41, 5.74) is -0.0470. The van der Waals surface area contributed by atoms with Gasteiger partial charge in [0.15, 0.2) is 0 Å². The Balaban J connectivity index is 2.06. The SMILES string of the molecule is CCNC(CO)(CN1C(C)CCCC1C)C1CC1. The van der Waals surface area contributed by atoms with Crippen LogP contribution in [0.5, 0.6) is 0 Å². The zero-order chi connectivity index (χ0) is 13.2. The van der Waals surface area contributed by atoms with E-state index in [4.69, 9.17) is 0 Å². The zero-order valence-electron chi connectivity index (χ0n) is 12.3. The van der Waals surface area contributed by atoms with Crippen LogP contribution >= 0.6 is 0 Å². The number of rotatable bonds is 6. The molecule has 3 atom stereocenters. The molecule has 1 aliphatic heterocycles. The van der Waals surface area contributed by atoms with Crippen LogP contribution in [0.2, 0.25) is 0 Å². The van der Waals surface area contributed by atoms with Gasteiger partial charge in [0.25, 0.3) is 0 Å². The highest BCUT2D eigenvalue weighted by molar-refractivity contribution is 5.04. The molecule has 0 bridgehead atoms. The van der Waals surface area contributed by atoms with Gasteiger partial charge in [0.2, 0.25) is 0 Å². The molecule has 3 unspecified atom stereocenters. The molecule has 1 saturated heterocycles. The molecular weight excluding hydrogens is 224 g/mol. The van der Waals surface area contributed by atoms with Crippen LogP contribution in [-0.4, -0.2) is 47.3 Å². The Labute approximate surface area is 112 Å². The molecule has 106 valence electrons. The number of nitrogens with one attached hydrogen (secondary N) is 1. The van der Waals surface area contributed by atoms with Crippen molar-refractivity contribution in [2.24, 2.45) is 5.92 Å². The summed E-state index contributed by atoms with van der Waals surface area (Å²) in [5.74, 6) is 0.684. The molecule has 1 saturated carbocycles. The van der Waals surface area contributed by atoms with Crippen LogP contribution in [0.15, 0.2) is 0 Å². The van der Waals surface area contributed by atoms with E-state index in [1.807, 2.05) is 0 Å². The largest absolute Gasteiger partial charge is 0.394 e. The molecule has 1 aliphatic carbocycles. The number of aliphatic hydroxyl groups excluding tert-OH is 1. The van der Waals surface area contributed by atoms with E-state index in [2.05, 4.69) is 31.0 Å². The van der Waals surface area contributed by atoms with Crippen molar-refractivity contribution in [1.29, 1.82) is 0 Å². The predicted octanol–water partition coefficient (Wildman–Crippen LogP) is 2.00. The summed E-state index contributed by atoms with van der Waals surface area (Å²) < 4.78 is 0. The molecule has 18 heavy (non-hydrogen) atoms. The fourth-order valence-electron chi connectivity index (χ4n) is 3.66. The van der Waals surface area contributed by atoms with Gasteiger partial charge in [0.1, 0.15) is 0 Å². The smallest absolute Gasteiger partial charge is 0.0628 e. The average Bonchev–Trinajstić information content (AvgIpc) is 3.17. The van der Waals surface area contributed by atoms with E-state index >= 15 is 0 Å². The van der Waals surface area contributed by atoms with E-state index in [-0.39, 0.29) is 12.1 Å². The van der Waals surface area contributed by atoms with E-state index in [9.17, 15) is 5.11 Å². The summed E-state index contributed by atoms with van der Waals surface area (Å²) in [6.45, 7) is 9.09. The fourth-order valence-corrected chi connectivity index (χ4v) is 3.66. The van der Waals surface area contributed by atoms with Crippen molar-refractivity contribution in [3.05, 3.63) is 0 Å². The third-order valence-electron chi connectivity index (χ3n) is 5.01. The highest BCUT2D eigenvalue weighted by atomic mass is 16.3.